The minimum atomic E-state index is -0.447. The van der Waals surface area contributed by atoms with Gasteiger partial charge in [0.15, 0.2) is 0 Å². The average Bonchev–Trinajstić information content (AvgIpc) is 2.68. The number of likely N-dealkylation sites (N-methyl/N-ethyl adjacent to an activating group) is 1. The van der Waals surface area contributed by atoms with Crippen LogP contribution in [-0.4, -0.2) is 31.3 Å². The van der Waals surface area contributed by atoms with Crippen molar-refractivity contribution in [1.82, 2.24) is 5.43 Å². The number of methoxy groups -OCH3 is 1. The summed E-state index contributed by atoms with van der Waals surface area (Å²) in [6, 6.07) is 8.40. The van der Waals surface area contributed by atoms with Crippen LogP contribution < -0.4 is 15.1 Å². The molecule has 0 spiro atoms. The summed E-state index contributed by atoms with van der Waals surface area (Å²) in [6.07, 6.45) is 3.50. The smallest absolute Gasteiger partial charge is 0.275 e. The Labute approximate surface area is 184 Å². The van der Waals surface area contributed by atoms with E-state index in [4.69, 9.17) is 4.74 Å². The Morgan fingerprint density at radius 3 is 2.73 bits per heavy atom. The molecule has 3 rings (SSSR count). The predicted octanol–water partition coefficient (Wildman–Crippen LogP) is 5.38. The zero-order valence-electron chi connectivity index (χ0n) is 17.7. The van der Waals surface area contributed by atoms with Gasteiger partial charge in [-0.1, -0.05) is 22.0 Å². The van der Waals surface area contributed by atoms with E-state index in [-0.39, 0.29) is 5.54 Å². The Morgan fingerprint density at radius 1 is 1.33 bits per heavy atom. The molecule has 30 heavy (non-hydrogen) atoms. The van der Waals surface area contributed by atoms with Crippen molar-refractivity contribution >= 4 is 39.3 Å². The SMILES string of the molecule is CCN1c2cc(F)c(/C=N\NC(=O)c3cc(Br)ccc3OC)cc2C(C)=CC1(C)C. The first-order chi connectivity index (χ1) is 14.2. The standard InChI is InChI=1S/C23H25BrFN3O2/c1-6-28-20-11-19(25)15(9-17(20)14(2)12-23(28,3)4)13-26-27-22(29)18-10-16(24)7-8-21(18)30-5/h7-13H,6H2,1-5H3,(H,27,29)/b26-13-. The Bertz CT molecular complexity index is 1050. The number of hydrogen-bond acceptors (Lipinski definition) is 4. The lowest BCUT2D eigenvalue weighted by molar-refractivity contribution is 0.0952. The zero-order valence-corrected chi connectivity index (χ0v) is 19.3. The molecule has 0 unspecified atom stereocenters. The molecule has 7 heteroatoms. The van der Waals surface area contributed by atoms with Crippen LogP contribution in [-0.2, 0) is 0 Å². The van der Waals surface area contributed by atoms with Crippen LogP contribution in [0.25, 0.3) is 5.57 Å². The summed E-state index contributed by atoms with van der Waals surface area (Å²) < 4.78 is 20.8. The highest BCUT2D eigenvalue weighted by atomic mass is 79.9. The summed E-state index contributed by atoms with van der Waals surface area (Å²) in [5.41, 5.74) is 5.78. The van der Waals surface area contributed by atoms with Crippen molar-refractivity contribution < 1.29 is 13.9 Å². The van der Waals surface area contributed by atoms with E-state index in [1.54, 1.807) is 24.3 Å². The van der Waals surface area contributed by atoms with E-state index in [0.29, 0.717) is 16.9 Å². The van der Waals surface area contributed by atoms with Crippen LogP contribution in [0.4, 0.5) is 10.1 Å². The van der Waals surface area contributed by atoms with Crippen LogP contribution in [0.1, 0.15) is 49.2 Å². The van der Waals surface area contributed by atoms with Crippen LogP contribution in [0.2, 0.25) is 0 Å². The first-order valence-corrected chi connectivity index (χ1v) is 10.4. The third-order valence-corrected chi connectivity index (χ3v) is 5.68. The summed E-state index contributed by atoms with van der Waals surface area (Å²) >= 11 is 3.33. The topological polar surface area (TPSA) is 53.9 Å². The van der Waals surface area contributed by atoms with Gasteiger partial charge in [-0.05, 0) is 63.6 Å². The van der Waals surface area contributed by atoms with Crippen LogP contribution >= 0.6 is 15.9 Å². The molecule has 158 valence electrons. The van der Waals surface area contributed by atoms with E-state index in [1.807, 2.05) is 6.92 Å². The van der Waals surface area contributed by atoms with Gasteiger partial charge in [-0.25, -0.2) is 9.82 Å². The quantitative estimate of drug-likeness (QED) is 0.468. The van der Waals surface area contributed by atoms with Crippen molar-refractivity contribution in [3.8, 4) is 5.75 Å². The molecule has 1 aliphatic heterocycles. The van der Waals surface area contributed by atoms with Crippen LogP contribution in [0.15, 0.2) is 46.0 Å². The number of ether oxygens (including phenoxy) is 1. The third-order valence-electron chi connectivity index (χ3n) is 5.19. The fourth-order valence-corrected chi connectivity index (χ4v) is 4.23. The van der Waals surface area contributed by atoms with Gasteiger partial charge in [0.05, 0.1) is 24.4 Å². The van der Waals surface area contributed by atoms with Crippen molar-refractivity contribution in [1.29, 1.82) is 0 Å². The molecule has 1 amide bonds. The average molecular weight is 474 g/mol. The van der Waals surface area contributed by atoms with E-state index in [2.05, 4.69) is 58.2 Å². The Balaban J connectivity index is 1.87. The van der Waals surface area contributed by atoms with Crippen molar-refractivity contribution in [3.05, 3.63) is 63.4 Å². The maximum Gasteiger partial charge on any atom is 0.275 e. The number of halogens is 2. The number of carbonyl (C=O) groups excluding carboxylic acids is 1. The Hall–Kier alpha value is -2.67. The van der Waals surface area contributed by atoms with Crippen molar-refractivity contribution in [2.75, 3.05) is 18.6 Å². The van der Waals surface area contributed by atoms with Gasteiger partial charge in [0.1, 0.15) is 11.6 Å². The molecule has 0 saturated carbocycles. The van der Waals surface area contributed by atoms with E-state index in [0.717, 1.165) is 27.8 Å². The molecule has 1 aliphatic rings. The molecule has 1 heterocycles. The minimum absolute atomic E-state index is 0.190. The molecule has 0 saturated heterocycles. The van der Waals surface area contributed by atoms with Crippen LogP contribution in [0, 0.1) is 5.82 Å². The third kappa shape index (κ3) is 4.26. The number of hydrogen-bond donors (Lipinski definition) is 1. The van der Waals surface area contributed by atoms with E-state index in [9.17, 15) is 9.18 Å². The van der Waals surface area contributed by atoms with Gasteiger partial charge in [-0.15, -0.1) is 0 Å². The van der Waals surface area contributed by atoms with Gasteiger partial charge < -0.3 is 9.64 Å². The molecule has 1 N–H and O–H groups in total. The summed E-state index contributed by atoms with van der Waals surface area (Å²) in [5.74, 6) is -0.414. The number of anilines is 1. The number of amides is 1. The van der Waals surface area contributed by atoms with Crippen molar-refractivity contribution in [3.63, 3.8) is 0 Å². The largest absolute Gasteiger partial charge is 0.496 e. The number of nitrogens with one attached hydrogen (secondary N) is 1. The molecule has 0 atom stereocenters. The number of rotatable bonds is 5. The number of nitrogens with zero attached hydrogens (tertiary/aromatic N) is 2. The van der Waals surface area contributed by atoms with E-state index in [1.165, 1.54) is 19.4 Å². The molecule has 0 aromatic heterocycles. The molecule has 0 fully saturated rings. The number of fused-ring (bicyclic) bond motifs is 1. The Kier molecular flexibility index (Phi) is 6.31. The van der Waals surface area contributed by atoms with Gasteiger partial charge in [-0.2, -0.15) is 5.10 Å². The summed E-state index contributed by atoms with van der Waals surface area (Å²) in [6.45, 7) is 9.07. The number of carbonyl (C=O) groups is 1. The second kappa shape index (κ2) is 8.60. The summed E-state index contributed by atoms with van der Waals surface area (Å²) in [5, 5.41) is 3.96. The second-order valence-electron chi connectivity index (χ2n) is 7.66. The fourth-order valence-electron chi connectivity index (χ4n) is 3.87. The second-order valence-corrected chi connectivity index (χ2v) is 8.58. The van der Waals surface area contributed by atoms with Crippen LogP contribution in [0.3, 0.4) is 0 Å². The molecule has 2 aromatic rings. The zero-order chi connectivity index (χ0) is 22.1. The van der Waals surface area contributed by atoms with Gasteiger partial charge in [0.25, 0.3) is 5.91 Å². The lowest BCUT2D eigenvalue weighted by Crippen LogP contribution is -2.45. The van der Waals surface area contributed by atoms with Gasteiger partial charge in [0, 0.05) is 27.8 Å². The molecular formula is C23H25BrFN3O2. The lowest BCUT2D eigenvalue weighted by Gasteiger charge is -2.42. The predicted molar refractivity (Wildman–Crippen MR) is 123 cm³/mol. The van der Waals surface area contributed by atoms with Gasteiger partial charge >= 0.3 is 0 Å². The minimum Gasteiger partial charge on any atom is -0.496 e. The van der Waals surface area contributed by atoms with Crippen molar-refractivity contribution in [2.45, 2.75) is 33.2 Å². The monoisotopic (exact) mass is 473 g/mol. The van der Waals surface area contributed by atoms with E-state index >= 15 is 0 Å². The first kappa shape index (κ1) is 22.0. The molecular weight excluding hydrogens is 449 g/mol. The number of benzene rings is 2. The normalized spacial score (nSPS) is 15.0. The molecule has 0 bridgehead atoms. The maximum absolute atomic E-state index is 14.8. The Morgan fingerprint density at radius 2 is 2.07 bits per heavy atom. The molecule has 2 aromatic carbocycles. The molecule has 0 aliphatic carbocycles. The lowest BCUT2D eigenvalue weighted by atomic mass is 9.88. The first-order valence-electron chi connectivity index (χ1n) is 9.66. The van der Waals surface area contributed by atoms with Gasteiger partial charge in [-0.3, -0.25) is 4.79 Å². The van der Waals surface area contributed by atoms with Crippen molar-refractivity contribution in [2.24, 2.45) is 5.10 Å². The fraction of sp³-hybridized carbons (Fsp3) is 0.304. The maximum atomic E-state index is 14.8. The molecule has 0 radical (unpaired) electrons. The molecule has 5 nitrogen and oxygen atoms in total. The highest BCUT2D eigenvalue weighted by Gasteiger charge is 2.31. The van der Waals surface area contributed by atoms with Gasteiger partial charge in [0.2, 0.25) is 0 Å². The highest BCUT2D eigenvalue weighted by molar-refractivity contribution is 9.10. The van der Waals surface area contributed by atoms with E-state index < -0.39 is 11.7 Å². The summed E-state index contributed by atoms with van der Waals surface area (Å²) in [7, 11) is 1.49. The van der Waals surface area contributed by atoms with Crippen LogP contribution in [0.5, 0.6) is 5.75 Å². The summed E-state index contributed by atoms with van der Waals surface area (Å²) in [4.78, 5) is 14.6. The number of hydrazone groups is 1. The highest BCUT2D eigenvalue weighted by Crippen LogP contribution is 2.39. The number of allylic oxidation sites excluding steroid dienone is 1.